The first-order valence-electron chi connectivity index (χ1n) is 18.4. The molecule has 0 fully saturated rings. The molecule has 0 nitrogen and oxygen atoms in total. The van der Waals surface area contributed by atoms with Crippen molar-refractivity contribution in [3.8, 4) is 22.3 Å². The summed E-state index contributed by atoms with van der Waals surface area (Å²) in [7, 11) is 16.5. The van der Waals surface area contributed by atoms with E-state index in [1.807, 2.05) is 13.1 Å². The van der Waals surface area contributed by atoms with Gasteiger partial charge in [0.25, 0.3) is 0 Å². The summed E-state index contributed by atoms with van der Waals surface area (Å²) in [5, 5.41) is 0. The van der Waals surface area contributed by atoms with E-state index in [0.717, 1.165) is 0 Å². The van der Waals surface area contributed by atoms with Crippen molar-refractivity contribution in [3.05, 3.63) is 127 Å². The van der Waals surface area contributed by atoms with Crippen LogP contribution in [0, 0.1) is 0 Å². The van der Waals surface area contributed by atoms with Gasteiger partial charge in [-0.05, 0) is 0 Å². The Balaban J connectivity index is 1.62. The van der Waals surface area contributed by atoms with Crippen LogP contribution in [0.4, 0.5) is 52.7 Å². The second kappa shape index (κ2) is 14.7. The Labute approximate surface area is 336 Å². The summed E-state index contributed by atoms with van der Waals surface area (Å²) in [4.78, 5) is 0. The van der Waals surface area contributed by atoms with E-state index in [1.165, 1.54) is 0 Å². The summed E-state index contributed by atoms with van der Waals surface area (Å²) in [6.45, 7) is 10.9. The van der Waals surface area contributed by atoms with Crippen molar-refractivity contribution < 1.29 is 68.2 Å². The van der Waals surface area contributed by atoms with Crippen molar-refractivity contribution in [2.45, 2.75) is 85.6 Å². The molecule has 0 amide bonds. The quantitative estimate of drug-likeness (QED) is 0.128. The summed E-state index contributed by atoms with van der Waals surface area (Å²) in [5.74, 6) is -2.29. The van der Waals surface area contributed by atoms with Crippen molar-refractivity contribution in [2.24, 2.45) is 0 Å². The Morgan fingerprint density at radius 3 is 1.05 bits per heavy atom. The van der Waals surface area contributed by atoms with Crippen LogP contribution in [0.15, 0.2) is 71.8 Å². The molecule has 2 aliphatic rings. The molecule has 6 rings (SSSR count). The number of rotatable bonds is 7. The molecular weight excluding hydrogens is 923 g/mol. The van der Waals surface area contributed by atoms with Crippen molar-refractivity contribution in [1.82, 2.24) is 0 Å². The Bertz CT molecular complexity index is 2160. The van der Waals surface area contributed by atoms with E-state index in [1.54, 1.807) is 64.1 Å². The first kappa shape index (κ1) is 44.7. The van der Waals surface area contributed by atoms with E-state index in [9.17, 15) is 52.7 Å². The van der Waals surface area contributed by atoms with Crippen molar-refractivity contribution in [3.63, 3.8) is 0 Å². The maximum absolute atomic E-state index is 14.1. The van der Waals surface area contributed by atoms with Crippen LogP contribution in [0.25, 0.3) is 34.4 Å². The van der Waals surface area contributed by atoms with Gasteiger partial charge in [-0.2, -0.15) is 0 Å². The molecule has 0 radical (unpaired) electrons. The molecule has 4 aromatic carbocycles. The minimum atomic E-state index is -5.66. The van der Waals surface area contributed by atoms with Gasteiger partial charge in [-0.1, -0.05) is 0 Å². The molecule has 311 valence electrons. The van der Waals surface area contributed by atoms with Gasteiger partial charge < -0.3 is 0 Å². The number of halogens is 14. The van der Waals surface area contributed by atoms with Gasteiger partial charge in [-0.25, -0.2) is 0 Å². The molecule has 2 aliphatic carbocycles. The minimum absolute atomic E-state index is 0.0781. The molecule has 58 heavy (non-hydrogen) atoms. The van der Waals surface area contributed by atoms with Gasteiger partial charge in [-0.15, -0.1) is 0 Å². The second-order valence-electron chi connectivity index (χ2n) is 15.5. The fourth-order valence-electron chi connectivity index (χ4n) is 9.06. The molecule has 2 atom stereocenters. The normalized spacial score (nSPS) is 18.2. The molecule has 2 unspecified atom stereocenters. The summed E-state index contributed by atoms with van der Waals surface area (Å²) in [6.07, 6.45) is -16.4. The van der Waals surface area contributed by atoms with E-state index in [4.69, 9.17) is 17.0 Å². The zero-order valence-corrected chi connectivity index (χ0v) is 37.0. The predicted molar refractivity (Wildman–Crippen MR) is 206 cm³/mol. The monoisotopic (exact) mass is 957 g/mol. The fourth-order valence-corrected chi connectivity index (χ4v) is 42.0. The number of hydrogen-bond donors (Lipinski definition) is 0. The van der Waals surface area contributed by atoms with Crippen molar-refractivity contribution in [2.75, 3.05) is 0 Å². The average Bonchev–Trinajstić information content (AvgIpc) is 3.65. The SMILES string of the molecule is CCc1ccc2c(c1-c1cc(C(F)(F)F)cc(C(F)(F)F)c1)C=C(C)[CH]2[Zr]([Cl])([Cl])([CH]1C(C)=Cc2c1ccc(CC)c2-c1cc(C(F)(F)F)cc(C(F)(F)F)c1)[SiH](C)C. The summed E-state index contributed by atoms with van der Waals surface area (Å²) >= 11 is -5.66. The molecule has 0 aromatic heterocycles. The molecular formula is C42H37Cl2F12SiZr. The first-order chi connectivity index (χ1) is 26.5. The number of aryl methyl sites for hydroxylation is 2. The Hall–Kier alpha value is -2.80. The zero-order valence-electron chi connectivity index (χ0n) is 31.9. The van der Waals surface area contributed by atoms with E-state index >= 15 is 0 Å². The van der Waals surface area contributed by atoms with Crippen LogP contribution in [0.2, 0.25) is 13.1 Å². The van der Waals surface area contributed by atoms with Gasteiger partial charge in [0.2, 0.25) is 0 Å². The summed E-state index contributed by atoms with van der Waals surface area (Å²) in [6, 6.07) is 9.83. The molecule has 0 spiro atoms. The van der Waals surface area contributed by atoms with Gasteiger partial charge in [0.15, 0.2) is 0 Å². The maximum atomic E-state index is 14.1. The average molecular weight is 960 g/mol. The van der Waals surface area contributed by atoms with Gasteiger partial charge in [-0.3, -0.25) is 0 Å². The molecule has 0 aliphatic heterocycles. The topological polar surface area (TPSA) is 0 Å². The third-order valence-corrected chi connectivity index (χ3v) is 64.0. The van der Waals surface area contributed by atoms with Crippen LogP contribution >= 0.6 is 17.0 Å². The number of hydrogen-bond acceptors (Lipinski definition) is 0. The third-order valence-electron chi connectivity index (χ3n) is 11.7. The van der Waals surface area contributed by atoms with Crippen LogP contribution in [0.3, 0.4) is 0 Å². The number of alkyl halides is 12. The molecule has 0 heterocycles. The van der Waals surface area contributed by atoms with Gasteiger partial charge >= 0.3 is 339 Å². The second-order valence-corrected chi connectivity index (χ2v) is 58.0. The Morgan fingerprint density at radius 2 is 0.810 bits per heavy atom. The third kappa shape index (κ3) is 7.48. The number of benzene rings is 4. The van der Waals surface area contributed by atoms with Crippen LogP contribution in [-0.4, -0.2) is 5.92 Å². The fraction of sp³-hybridized carbons (Fsp3) is 0.333. The first-order valence-corrected chi connectivity index (χ1v) is 34.7. The van der Waals surface area contributed by atoms with Gasteiger partial charge in [0.05, 0.1) is 0 Å². The van der Waals surface area contributed by atoms with E-state index in [2.05, 4.69) is 0 Å². The number of fused-ring (bicyclic) bond motifs is 2. The van der Waals surface area contributed by atoms with Crippen molar-refractivity contribution >= 4 is 35.1 Å². The standard InChI is InChI=1S/2C20H15F6.C2H7Si.2ClH.Zr/c2*1-3-12-4-5-13-6-11(2)7-17(13)18(12)14-8-15(19(21,22)23)10-16(9-14)20(24,25)26;1-3-2;;;/h2*4-10H,3H2,1-2H3;3H,1-2H3;2*1H;/q;;;;;+2/p-2. The molecule has 0 N–H and O–H groups in total. The summed E-state index contributed by atoms with van der Waals surface area (Å²) in [5.41, 5.74) is -1.83. The van der Waals surface area contributed by atoms with E-state index < -0.39 is 75.7 Å². The molecule has 0 saturated heterocycles. The molecule has 4 aromatic rings. The number of allylic oxidation sites excluding steroid dienone is 2. The van der Waals surface area contributed by atoms with Crippen LogP contribution in [-0.2, 0) is 53.1 Å². The van der Waals surface area contributed by atoms with Gasteiger partial charge in [0.1, 0.15) is 0 Å². The molecule has 0 bridgehead atoms. The van der Waals surface area contributed by atoms with Crippen LogP contribution in [0.1, 0.15) is 90.6 Å². The summed E-state index contributed by atoms with van der Waals surface area (Å²) < 4.78 is 168. The van der Waals surface area contributed by atoms with E-state index in [0.29, 0.717) is 68.8 Å². The predicted octanol–water partition coefficient (Wildman–Crippen LogP) is 15.8. The van der Waals surface area contributed by atoms with Gasteiger partial charge in [0, 0.05) is 0 Å². The zero-order chi connectivity index (χ0) is 43.3. The molecule has 0 saturated carbocycles. The molecule has 16 heteroatoms. The van der Waals surface area contributed by atoms with Crippen LogP contribution < -0.4 is 0 Å². The Kier molecular flexibility index (Phi) is 11.3. The van der Waals surface area contributed by atoms with Crippen LogP contribution in [0.5, 0.6) is 0 Å². The van der Waals surface area contributed by atoms with E-state index in [-0.39, 0.29) is 47.2 Å². The Morgan fingerprint density at radius 1 is 0.517 bits per heavy atom. The van der Waals surface area contributed by atoms with Crippen molar-refractivity contribution in [1.29, 1.82) is 0 Å².